The molecule has 10 heteroatoms. The maximum Gasteiger partial charge on any atom is 0.260 e. The largest absolute Gasteiger partial charge is 0.504 e. The number of anilines is 2. The Bertz CT molecular complexity index is 2100. The molecule has 2 aliphatic carbocycles. The number of aryl methyl sites for hydroxylation is 1. The normalized spacial score (nSPS) is 26.8. The molecule has 0 aromatic heterocycles. The molecule has 0 radical (unpaired) electrons. The van der Waals surface area contributed by atoms with Crippen molar-refractivity contribution in [2.75, 3.05) is 16.9 Å². The van der Waals surface area contributed by atoms with Gasteiger partial charge in [-0.2, -0.15) is 5.01 Å². The molecule has 51 heavy (non-hydrogen) atoms. The molecular formula is C41H36ClN3O6. The first kappa shape index (κ1) is 32.8. The highest BCUT2D eigenvalue weighted by Gasteiger charge is 2.70. The van der Waals surface area contributed by atoms with E-state index in [1.54, 1.807) is 42.5 Å². The molecule has 6 atom stereocenters. The molecule has 0 spiro atoms. The van der Waals surface area contributed by atoms with Crippen LogP contribution in [0.25, 0.3) is 0 Å². The Hall–Kier alpha value is -5.41. The molecule has 1 saturated carbocycles. The van der Waals surface area contributed by atoms with Gasteiger partial charge in [0, 0.05) is 16.5 Å². The topological polar surface area (TPSA) is 116 Å². The highest BCUT2D eigenvalue weighted by atomic mass is 35.5. The number of allylic oxidation sites excluding steroid dienone is 2. The molecule has 4 amide bonds. The summed E-state index contributed by atoms with van der Waals surface area (Å²) in [6.07, 6.45) is 2.37. The fourth-order valence-electron chi connectivity index (χ4n) is 8.98. The number of ether oxygens (including phenoxy) is 1. The van der Waals surface area contributed by atoms with E-state index in [0.29, 0.717) is 34.1 Å². The van der Waals surface area contributed by atoms with Gasteiger partial charge in [-0.3, -0.25) is 29.5 Å². The van der Waals surface area contributed by atoms with Gasteiger partial charge < -0.3 is 9.84 Å². The maximum atomic E-state index is 15.3. The first-order valence-corrected chi connectivity index (χ1v) is 17.6. The number of carbonyl (C=O) groups excluding carboxylic acids is 4. The van der Waals surface area contributed by atoms with Crippen molar-refractivity contribution in [3.63, 3.8) is 0 Å². The number of nitrogens with zero attached hydrogens (tertiary/aromatic N) is 2. The number of nitrogens with one attached hydrogen (secondary N) is 1. The van der Waals surface area contributed by atoms with Crippen LogP contribution in [0.5, 0.6) is 11.5 Å². The minimum Gasteiger partial charge on any atom is -0.504 e. The Kier molecular flexibility index (Phi) is 7.98. The number of hydrazine groups is 1. The number of phenolic OH excluding ortho intramolecular Hbond substituents is 1. The Labute approximate surface area is 300 Å². The number of amides is 4. The molecule has 8 rings (SSSR count). The van der Waals surface area contributed by atoms with Crippen molar-refractivity contribution in [1.29, 1.82) is 0 Å². The zero-order valence-corrected chi connectivity index (χ0v) is 28.8. The van der Waals surface area contributed by atoms with Gasteiger partial charge >= 0.3 is 0 Å². The molecule has 9 nitrogen and oxygen atoms in total. The van der Waals surface area contributed by atoms with E-state index in [0.717, 1.165) is 16.1 Å². The van der Waals surface area contributed by atoms with Gasteiger partial charge in [0.15, 0.2) is 11.5 Å². The van der Waals surface area contributed by atoms with Gasteiger partial charge in [0.2, 0.25) is 11.8 Å². The summed E-state index contributed by atoms with van der Waals surface area (Å²) in [5.74, 6) is -5.27. The number of benzene rings is 4. The van der Waals surface area contributed by atoms with Crippen LogP contribution in [-0.4, -0.2) is 40.4 Å². The lowest BCUT2D eigenvalue weighted by atomic mass is 9.49. The third-order valence-corrected chi connectivity index (χ3v) is 11.4. The van der Waals surface area contributed by atoms with E-state index >= 15 is 4.79 Å². The first-order valence-electron chi connectivity index (χ1n) is 17.2. The SMILES string of the molecule is CCOc1cccc([C@H]2C3=CC[C@@H]4C(=O)N(c5ccc(Cl)cc5)C(=O)[C@@H]4[C@@H]3C[C@H]3C(=O)N(Nc4ccc(C)cc4)C(=O)[C@@]23c2ccccc2)c1O. The lowest BCUT2D eigenvalue weighted by Gasteiger charge is -2.50. The van der Waals surface area contributed by atoms with Crippen LogP contribution < -0.4 is 15.1 Å². The van der Waals surface area contributed by atoms with Crippen LogP contribution in [0.1, 0.15) is 42.4 Å². The van der Waals surface area contributed by atoms with E-state index in [1.807, 2.05) is 74.5 Å². The molecule has 0 bridgehead atoms. The Balaban J connectivity index is 1.33. The Morgan fingerprint density at radius 2 is 1.59 bits per heavy atom. The Morgan fingerprint density at radius 1 is 0.863 bits per heavy atom. The summed E-state index contributed by atoms with van der Waals surface area (Å²) in [5.41, 5.74) is 5.39. The minimum atomic E-state index is -1.50. The van der Waals surface area contributed by atoms with Gasteiger partial charge in [0.1, 0.15) is 0 Å². The minimum absolute atomic E-state index is 0.135. The number of carbonyl (C=O) groups is 4. The summed E-state index contributed by atoms with van der Waals surface area (Å²) >= 11 is 6.14. The fraction of sp³-hybridized carbons (Fsp3) is 0.268. The summed E-state index contributed by atoms with van der Waals surface area (Å²) in [6, 6.07) is 28.4. The third kappa shape index (κ3) is 4.89. The third-order valence-electron chi connectivity index (χ3n) is 11.1. The van der Waals surface area contributed by atoms with Gasteiger partial charge in [0.05, 0.1) is 41.2 Å². The molecular weight excluding hydrogens is 666 g/mol. The summed E-state index contributed by atoms with van der Waals surface area (Å²) in [6.45, 7) is 4.07. The van der Waals surface area contributed by atoms with Crippen molar-refractivity contribution in [2.24, 2.45) is 23.7 Å². The molecule has 4 aromatic carbocycles. The van der Waals surface area contributed by atoms with Crippen molar-refractivity contribution in [3.8, 4) is 11.5 Å². The van der Waals surface area contributed by atoms with Crippen molar-refractivity contribution in [3.05, 3.63) is 130 Å². The highest BCUT2D eigenvalue weighted by molar-refractivity contribution is 6.31. The maximum absolute atomic E-state index is 15.3. The van der Waals surface area contributed by atoms with Crippen LogP contribution in [0.3, 0.4) is 0 Å². The number of para-hydroxylation sites is 1. The molecule has 3 fully saturated rings. The predicted octanol–water partition coefficient (Wildman–Crippen LogP) is 6.94. The molecule has 4 aromatic rings. The van der Waals surface area contributed by atoms with Crippen molar-refractivity contribution >= 4 is 46.6 Å². The van der Waals surface area contributed by atoms with Crippen molar-refractivity contribution in [1.82, 2.24) is 5.01 Å². The lowest BCUT2D eigenvalue weighted by Crippen LogP contribution is -2.53. The second-order valence-corrected chi connectivity index (χ2v) is 14.1. The second kappa shape index (κ2) is 12.4. The number of hydrogen-bond donors (Lipinski definition) is 2. The van der Waals surface area contributed by atoms with Gasteiger partial charge in [-0.05, 0) is 80.6 Å². The van der Waals surface area contributed by atoms with Gasteiger partial charge in [-0.25, -0.2) is 0 Å². The monoisotopic (exact) mass is 701 g/mol. The van der Waals surface area contributed by atoms with Crippen LogP contribution in [0.15, 0.2) is 109 Å². The highest BCUT2D eigenvalue weighted by Crippen LogP contribution is 2.65. The fourth-order valence-corrected chi connectivity index (χ4v) is 9.11. The molecule has 2 aliphatic heterocycles. The molecule has 0 unspecified atom stereocenters. The van der Waals surface area contributed by atoms with E-state index in [9.17, 15) is 19.5 Å². The molecule has 4 aliphatic rings. The standard InChI is InChI=1S/C41H36ClN3O6/c1-3-51-33-11-7-10-30(36(33)46)35-28-20-21-29-34(39(49)44(37(29)47)27-18-14-25(42)15-19-27)31(28)22-32-38(48)45(43-26-16-12-23(2)13-17-26)40(50)41(32,35)24-8-5-4-6-9-24/h4-20,29,31-32,34-35,43,46H,3,21-22H2,1-2H3/t29-,31+,32-,34-,35+,41+/m0/s1. The number of hydrogen-bond acceptors (Lipinski definition) is 7. The number of fused-ring (bicyclic) bond motifs is 4. The molecule has 258 valence electrons. The number of aromatic hydroxyl groups is 1. The van der Waals surface area contributed by atoms with Crippen molar-refractivity contribution in [2.45, 2.75) is 38.0 Å². The average molecular weight is 702 g/mol. The molecule has 2 N–H and O–H groups in total. The average Bonchev–Trinajstić information content (AvgIpc) is 3.52. The zero-order chi connectivity index (χ0) is 35.6. The van der Waals surface area contributed by atoms with Crippen LogP contribution in [0, 0.1) is 30.6 Å². The van der Waals surface area contributed by atoms with E-state index in [1.165, 1.54) is 4.90 Å². The summed E-state index contributed by atoms with van der Waals surface area (Å²) in [5, 5.41) is 13.5. The summed E-state index contributed by atoms with van der Waals surface area (Å²) in [4.78, 5) is 59.8. The van der Waals surface area contributed by atoms with Crippen LogP contribution >= 0.6 is 11.6 Å². The molecule has 2 saturated heterocycles. The lowest BCUT2D eigenvalue weighted by molar-refractivity contribution is -0.138. The number of halogens is 1. The second-order valence-electron chi connectivity index (χ2n) is 13.7. The van der Waals surface area contributed by atoms with Gasteiger partial charge in [-0.15, -0.1) is 0 Å². The number of phenols is 1. The quantitative estimate of drug-likeness (QED) is 0.158. The first-order chi connectivity index (χ1) is 24.7. The number of rotatable bonds is 7. The van der Waals surface area contributed by atoms with E-state index < -0.39 is 46.8 Å². The zero-order valence-electron chi connectivity index (χ0n) is 28.1. The Morgan fingerprint density at radius 3 is 2.29 bits per heavy atom. The van der Waals surface area contributed by atoms with Crippen LogP contribution in [-0.2, 0) is 24.6 Å². The number of imide groups is 2. The van der Waals surface area contributed by atoms with Crippen molar-refractivity contribution < 1.29 is 29.0 Å². The summed E-state index contributed by atoms with van der Waals surface area (Å²) in [7, 11) is 0. The smallest absolute Gasteiger partial charge is 0.260 e. The summed E-state index contributed by atoms with van der Waals surface area (Å²) < 4.78 is 5.82. The van der Waals surface area contributed by atoms with Crippen LogP contribution in [0.4, 0.5) is 11.4 Å². The van der Waals surface area contributed by atoms with E-state index in [-0.39, 0.29) is 36.2 Å². The predicted molar refractivity (Wildman–Crippen MR) is 192 cm³/mol. The molecule has 2 heterocycles. The van der Waals surface area contributed by atoms with Gasteiger partial charge in [-0.1, -0.05) is 83.4 Å². The van der Waals surface area contributed by atoms with E-state index in [2.05, 4.69) is 5.43 Å². The van der Waals surface area contributed by atoms with E-state index in [4.69, 9.17) is 16.3 Å². The van der Waals surface area contributed by atoms with Crippen LogP contribution in [0.2, 0.25) is 5.02 Å². The van der Waals surface area contributed by atoms with Gasteiger partial charge in [0.25, 0.3) is 11.8 Å².